The van der Waals surface area contributed by atoms with Gasteiger partial charge in [0.2, 0.25) is 0 Å². The van der Waals surface area contributed by atoms with Crippen molar-refractivity contribution in [1.29, 1.82) is 0 Å². The van der Waals surface area contributed by atoms with Crippen LogP contribution in [-0.4, -0.2) is 25.5 Å². The second kappa shape index (κ2) is 4.38. The summed E-state index contributed by atoms with van der Waals surface area (Å²) in [6.07, 6.45) is 0. The molecule has 0 aliphatic carbocycles. The standard InChI is InChI=1S/C12H16FNO2S/c1-8-7-14-12(9(2)17(8,15)16)10-3-5-11(13)6-4-10/h3-6,8-9,12,14H,7H2,1-2H3. The van der Waals surface area contributed by atoms with E-state index in [0.717, 1.165) is 5.56 Å². The van der Waals surface area contributed by atoms with E-state index in [9.17, 15) is 12.8 Å². The van der Waals surface area contributed by atoms with Gasteiger partial charge in [0.05, 0.1) is 10.5 Å². The van der Waals surface area contributed by atoms with Gasteiger partial charge in [0.25, 0.3) is 0 Å². The van der Waals surface area contributed by atoms with E-state index in [0.29, 0.717) is 6.54 Å². The Morgan fingerprint density at radius 2 is 1.82 bits per heavy atom. The maximum atomic E-state index is 12.8. The van der Waals surface area contributed by atoms with Gasteiger partial charge in [-0.25, -0.2) is 12.8 Å². The first-order valence-corrected chi connectivity index (χ1v) is 7.25. The van der Waals surface area contributed by atoms with Gasteiger partial charge in [0.1, 0.15) is 5.82 Å². The number of nitrogens with one attached hydrogen (secondary N) is 1. The van der Waals surface area contributed by atoms with E-state index < -0.39 is 15.1 Å². The molecular formula is C12H16FNO2S. The summed E-state index contributed by atoms with van der Waals surface area (Å²) in [5, 5.41) is 2.35. The van der Waals surface area contributed by atoms with Crippen LogP contribution in [0.4, 0.5) is 4.39 Å². The Labute approximate surface area is 101 Å². The van der Waals surface area contributed by atoms with E-state index in [1.165, 1.54) is 12.1 Å². The minimum atomic E-state index is -3.10. The summed E-state index contributed by atoms with van der Waals surface area (Å²) in [4.78, 5) is 0. The van der Waals surface area contributed by atoms with Crippen LogP contribution in [-0.2, 0) is 9.84 Å². The van der Waals surface area contributed by atoms with Crippen LogP contribution in [0, 0.1) is 5.82 Å². The Morgan fingerprint density at radius 3 is 2.41 bits per heavy atom. The quantitative estimate of drug-likeness (QED) is 0.832. The predicted octanol–water partition coefficient (Wildman–Crippen LogP) is 1.66. The molecule has 0 saturated carbocycles. The summed E-state index contributed by atoms with van der Waals surface area (Å²) >= 11 is 0. The molecule has 0 radical (unpaired) electrons. The van der Waals surface area contributed by atoms with Crippen LogP contribution in [0.2, 0.25) is 0 Å². The average Bonchev–Trinajstić information content (AvgIpc) is 2.29. The first kappa shape index (κ1) is 12.5. The second-order valence-corrected chi connectivity index (χ2v) is 7.27. The zero-order valence-corrected chi connectivity index (χ0v) is 10.7. The van der Waals surface area contributed by atoms with Crippen LogP contribution in [0.5, 0.6) is 0 Å². The summed E-state index contributed by atoms with van der Waals surface area (Å²) in [6.45, 7) is 3.85. The molecule has 3 unspecified atom stereocenters. The summed E-state index contributed by atoms with van der Waals surface area (Å²) < 4.78 is 36.9. The van der Waals surface area contributed by atoms with Crippen molar-refractivity contribution in [3.8, 4) is 0 Å². The lowest BCUT2D eigenvalue weighted by atomic mass is 10.0. The lowest BCUT2D eigenvalue weighted by molar-refractivity contribution is 0.457. The number of sulfone groups is 1. The van der Waals surface area contributed by atoms with E-state index >= 15 is 0 Å². The Morgan fingerprint density at radius 1 is 1.24 bits per heavy atom. The highest BCUT2D eigenvalue weighted by atomic mass is 32.2. The molecule has 0 bridgehead atoms. The lowest BCUT2D eigenvalue weighted by Gasteiger charge is -2.34. The molecule has 1 aliphatic rings. The summed E-state index contributed by atoms with van der Waals surface area (Å²) in [5.41, 5.74) is 0.814. The highest BCUT2D eigenvalue weighted by molar-refractivity contribution is 7.92. The highest BCUT2D eigenvalue weighted by Gasteiger charge is 2.38. The minimum Gasteiger partial charge on any atom is -0.308 e. The summed E-state index contributed by atoms with van der Waals surface area (Å²) in [6, 6.07) is 5.73. The molecule has 0 spiro atoms. The normalized spacial score (nSPS) is 32.3. The zero-order valence-electron chi connectivity index (χ0n) is 9.85. The van der Waals surface area contributed by atoms with Crippen molar-refractivity contribution in [3.63, 3.8) is 0 Å². The number of rotatable bonds is 1. The van der Waals surface area contributed by atoms with Gasteiger partial charge in [-0.3, -0.25) is 0 Å². The predicted molar refractivity (Wildman–Crippen MR) is 65.0 cm³/mol. The minimum absolute atomic E-state index is 0.253. The monoisotopic (exact) mass is 257 g/mol. The van der Waals surface area contributed by atoms with Gasteiger partial charge in [0, 0.05) is 12.6 Å². The molecule has 1 aliphatic heterocycles. The van der Waals surface area contributed by atoms with Crippen molar-refractivity contribution in [2.75, 3.05) is 6.54 Å². The maximum Gasteiger partial charge on any atom is 0.158 e. The first-order valence-electron chi connectivity index (χ1n) is 5.64. The van der Waals surface area contributed by atoms with Crippen LogP contribution >= 0.6 is 0 Å². The van der Waals surface area contributed by atoms with Gasteiger partial charge >= 0.3 is 0 Å². The number of hydrogen-bond acceptors (Lipinski definition) is 3. The molecule has 0 amide bonds. The van der Waals surface area contributed by atoms with E-state index in [2.05, 4.69) is 5.32 Å². The van der Waals surface area contributed by atoms with Gasteiger partial charge in [0.15, 0.2) is 9.84 Å². The van der Waals surface area contributed by atoms with Crippen molar-refractivity contribution in [3.05, 3.63) is 35.6 Å². The van der Waals surface area contributed by atoms with Gasteiger partial charge in [-0.2, -0.15) is 0 Å². The molecule has 1 aromatic carbocycles. The molecule has 94 valence electrons. The van der Waals surface area contributed by atoms with Crippen molar-refractivity contribution in [2.45, 2.75) is 30.4 Å². The molecule has 1 fully saturated rings. The number of hydrogen-bond donors (Lipinski definition) is 1. The van der Waals surface area contributed by atoms with Gasteiger partial charge < -0.3 is 5.32 Å². The SMILES string of the molecule is CC1CNC(c2ccc(F)cc2)C(C)S1(=O)=O. The number of benzene rings is 1. The molecule has 3 nitrogen and oxygen atoms in total. The fraction of sp³-hybridized carbons (Fsp3) is 0.500. The molecule has 5 heteroatoms. The molecule has 1 heterocycles. The highest BCUT2D eigenvalue weighted by Crippen LogP contribution is 2.28. The molecular weight excluding hydrogens is 241 g/mol. The Hall–Kier alpha value is -0.940. The Bertz CT molecular complexity index is 498. The van der Waals surface area contributed by atoms with Gasteiger partial charge in [-0.15, -0.1) is 0 Å². The van der Waals surface area contributed by atoms with E-state index in [-0.39, 0.29) is 17.1 Å². The van der Waals surface area contributed by atoms with Crippen molar-refractivity contribution < 1.29 is 12.8 Å². The first-order chi connectivity index (χ1) is 7.93. The molecule has 2 rings (SSSR count). The zero-order chi connectivity index (χ0) is 12.6. The number of halogens is 1. The van der Waals surface area contributed by atoms with Crippen LogP contribution in [0.25, 0.3) is 0 Å². The molecule has 1 saturated heterocycles. The van der Waals surface area contributed by atoms with Crippen molar-refractivity contribution in [1.82, 2.24) is 5.32 Å². The molecule has 17 heavy (non-hydrogen) atoms. The molecule has 1 N–H and O–H groups in total. The largest absolute Gasteiger partial charge is 0.308 e. The molecule has 1 aromatic rings. The second-order valence-electron chi connectivity index (χ2n) is 4.54. The molecule has 3 atom stereocenters. The Balaban J connectivity index is 2.32. The Kier molecular flexibility index (Phi) is 3.23. The van der Waals surface area contributed by atoms with E-state index in [1.54, 1.807) is 26.0 Å². The van der Waals surface area contributed by atoms with Crippen LogP contribution < -0.4 is 5.32 Å². The van der Waals surface area contributed by atoms with Crippen LogP contribution in [0.1, 0.15) is 25.5 Å². The van der Waals surface area contributed by atoms with E-state index in [4.69, 9.17) is 0 Å². The molecule has 0 aromatic heterocycles. The summed E-state index contributed by atoms with van der Waals surface area (Å²) in [5.74, 6) is -0.312. The van der Waals surface area contributed by atoms with Crippen molar-refractivity contribution in [2.24, 2.45) is 0 Å². The maximum absolute atomic E-state index is 12.8. The smallest absolute Gasteiger partial charge is 0.158 e. The topological polar surface area (TPSA) is 46.2 Å². The average molecular weight is 257 g/mol. The fourth-order valence-corrected chi connectivity index (χ4v) is 3.88. The third kappa shape index (κ3) is 2.21. The third-order valence-corrected chi connectivity index (χ3v) is 6.00. The fourth-order valence-electron chi connectivity index (χ4n) is 2.19. The van der Waals surface area contributed by atoms with Crippen LogP contribution in [0.3, 0.4) is 0 Å². The van der Waals surface area contributed by atoms with Gasteiger partial charge in [-0.1, -0.05) is 12.1 Å². The van der Waals surface area contributed by atoms with Crippen molar-refractivity contribution >= 4 is 9.84 Å². The third-order valence-electron chi connectivity index (χ3n) is 3.40. The van der Waals surface area contributed by atoms with Gasteiger partial charge in [-0.05, 0) is 31.5 Å². The summed E-state index contributed by atoms with van der Waals surface area (Å²) in [7, 11) is -3.10. The lowest BCUT2D eigenvalue weighted by Crippen LogP contribution is -2.49. The van der Waals surface area contributed by atoms with E-state index in [1.807, 2.05) is 0 Å². The van der Waals surface area contributed by atoms with Crippen LogP contribution in [0.15, 0.2) is 24.3 Å².